The first-order chi connectivity index (χ1) is 16.2. The zero-order chi connectivity index (χ0) is 22.6. The lowest BCUT2D eigenvalue weighted by Crippen LogP contribution is -2.42. The van der Waals surface area contributed by atoms with Crippen molar-refractivity contribution in [3.63, 3.8) is 0 Å². The molecular formula is C26H26N2O4S. The molecule has 5 rings (SSSR count). The Morgan fingerprint density at radius 1 is 1.12 bits per heavy atom. The molecule has 1 N–H and O–H groups in total. The van der Waals surface area contributed by atoms with Gasteiger partial charge in [-0.15, -0.1) is 0 Å². The lowest BCUT2D eigenvalue weighted by Gasteiger charge is -2.28. The van der Waals surface area contributed by atoms with E-state index in [2.05, 4.69) is 22.4 Å². The number of fused-ring (bicyclic) bond motifs is 1. The normalized spacial score (nSPS) is 22.0. The number of nitrogens with one attached hydrogen (secondary N) is 1. The Bertz CT molecular complexity index is 1130. The number of ether oxygens (including phenoxy) is 2. The Hall–Kier alpha value is -3.19. The average Bonchev–Trinajstić information content (AvgIpc) is 3.33. The maximum atomic E-state index is 12.7. The lowest BCUT2D eigenvalue weighted by molar-refractivity contribution is -0.112. The van der Waals surface area contributed by atoms with Crippen molar-refractivity contribution in [3.8, 4) is 16.7 Å². The summed E-state index contributed by atoms with van der Waals surface area (Å²) in [5, 5.41) is 3.41. The highest BCUT2D eigenvalue weighted by Crippen LogP contribution is 2.38. The largest absolute Gasteiger partial charge is 0.485 e. The van der Waals surface area contributed by atoms with Crippen LogP contribution >= 0.6 is 11.3 Å². The molecule has 1 amide bonds. The van der Waals surface area contributed by atoms with Crippen LogP contribution in [0.5, 0.6) is 16.7 Å². The minimum absolute atomic E-state index is 0.0634. The van der Waals surface area contributed by atoms with E-state index in [0.29, 0.717) is 15.8 Å². The minimum atomic E-state index is -0.202. The average molecular weight is 463 g/mol. The summed E-state index contributed by atoms with van der Waals surface area (Å²) in [5.41, 5.74) is 2.29. The van der Waals surface area contributed by atoms with Gasteiger partial charge in [0.15, 0.2) is 0 Å². The predicted molar refractivity (Wildman–Crippen MR) is 126 cm³/mol. The number of hydrogen-bond donors (Lipinski definition) is 1. The summed E-state index contributed by atoms with van der Waals surface area (Å²) in [5.74, 6) is 1.24. The maximum Gasteiger partial charge on any atom is 0.279 e. The number of aryl methyl sites for hydroxylation is 1. The van der Waals surface area contributed by atoms with Gasteiger partial charge in [0.1, 0.15) is 28.8 Å². The smallest absolute Gasteiger partial charge is 0.279 e. The maximum absolute atomic E-state index is 12.7. The van der Waals surface area contributed by atoms with E-state index < -0.39 is 0 Å². The molecule has 3 aromatic rings. The molecule has 0 radical (unpaired) electrons. The van der Waals surface area contributed by atoms with Crippen LogP contribution in [0.15, 0.2) is 54.7 Å². The number of aromatic nitrogens is 1. The van der Waals surface area contributed by atoms with Crippen molar-refractivity contribution in [2.45, 2.75) is 50.7 Å². The molecule has 33 heavy (non-hydrogen) atoms. The van der Waals surface area contributed by atoms with Crippen LogP contribution in [0.25, 0.3) is 0 Å². The second-order valence-electron chi connectivity index (χ2n) is 8.58. The lowest BCUT2D eigenvalue weighted by atomic mass is 9.85. The SMILES string of the molecule is O=C[C@@H]1CCCC[C@@H]1NC(=O)c1cnc(Oc2ccc3c(c2)CC[C@@H](c2ccccc2)O3)s1. The number of benzene rings is 2. The van der Waals surface area contributed by atoms with Gasteiger partial charge < -0.3 is 19.6 Å². The summed E-state index contributed by atoms with van der Waals surface area (Å²) >= 11 is 1.20. The zero-order valence-electron chi connectivity index (χ0n) is 18.2. The topological polar surface area (TPSA) is 77.5 Å². The second kappa shape index (κ2) is 9.75. The quantitative estimate of drug-likeness (QED) is 0.490. The molecule has 1 aliphatic heterocycles. The van der Waals surface area contributed by atoms with E-state index in [4.69, 9.17) is 9.47 Å². The molecule has 1 aliphatic carbocycles. The van der Waals surface area contributed by atoms with Crippen molar-refractivity contribution < 1.29 is 19.1 Å². The predicted octanol–water partition coefficient (Wildman–Crippen LogP) is 5.49. The van der Waals surface area contributed by atoms with E-state index in [1.807, 2.05) is 36.4 Å². The van der Waals surface area contributed by atoms with Crippen LogP contribution in [0.4, 0.5) is 0 Å². The number of rotatable bonds is 6. The van der Waals surface area contributed by atoms with Gasteiger partial charge in [-0.25, -0.2) is 4.98 Å². The second-order valence-corrected chi connectivity index (χ2v) is 9.58. The van der Waals surface area contributed by atoms with E-state index in [0.717, 1.165) is 56.1 Å². The van der Waals surface area contributed by atoms with Crippen LogP contribution < -0.4 is 14.8 Å². The van der Waals surface area contributed by atoms with Crippen molar-refractivity contribution in [1.29, 1.82) is 0 Å². The van der Waals surface area contributed by atoms with Gasteiger partial charge in [-0.3, -0.25) is 4.79 Å². The molecule has 6 nitrogen and oxygen atoms in total. The van der Waals surface area contributed by atoms with Gasteiger partial charge in [-0.2, -0.15) is 0 Å². The van der Waals surface area contributed by atoms with Crippen LogP contribution in [0.2, 0.25) is 0 Å². The van der Waals surface area contributed by atoms with E-state index in [9.17, 15) is 9.59 Å². The van der Waals surface area contributed by atoms with Crippen molar-refractivity contribution in [2.75, 3.05) is 0 Å². The Morgan fingerprint density at radius 3 is 2.82 bits per heavy atom. The molecular weight excluding hydrogens is 436 g/mol. The molecule has 0 spiro atoms. The van der Waals surface area contributed by atoms with Crippen molar-refractivity contribution >= 4 is 23.5 Å². The van der Waals surface area contributed by atoms with Crippen LogP contribution in [0.3, 0.4) is 0 Å². The summed E-state index contributed by atoms with van der Waals surface area (Å²) in [6, 6.07) is 15.9. The number of carbonyl (C=O) groups is 2. The number of nitrogens with zero attached hydrogens (tertiary/aromatic N) is 1. The van der Waals surface area contributed by atoms with Gasteiger partial charge >= 0.3 is 0 Å². The Morgan fingerprint density at radius 2 is 1.97 bits per heavy atom. The third-order valence-electron chi connectivity index (χ3n) is 6.37. The standard InChI is InChI=1S/C26H26N2O4S/c29-16-19-8-4-5-9-21(19)28-25(30)24-15-27-26(33-24)31-20-11-13-23-18(14-20)10-12-22(32-23)17-6-2-1-3-7-17/h1-3,6-7,11,13-16,19,21-22H,4-5,8-10,12H2,(H,28,30)/t19-,21-,22-/m0/s1. The number of amides is 1. The van der Waals surface area contributed by atoms with Crippen LogP contribution in [-0.2, 0) is 11.2 Å². The number of thiazole rings is 1. The molecule has 3 atom stereocenters. The third kappa shape index (κ3) is 4.93. The molecule has 2 aliphatic rings. The van der Waals surface area contributed by atoms with Crippen LogP contribution in [-0.4, -0.2) is 23.2 Å². The van der Waals surface area contributed by atoms with Gasteiger partial charge in [-0.05, 0) is 55.0 Å². The van der Waals surface area contributed by atoms with Gasteiger partial charge in [0.25, 0.3) is 11.1 Å². The van der Waals surface area contributed by atoms with Gasteiger partial charge in [0.05, 0.1) is 6.20 Å². The fraction of sp³-hybridized carbons (Fsp3) is 0.346. The molecule has 1 saturated carbocycles. The van der Waals surface area contributed by atoms with Crippen molar-refractivity contribution in [2.24, 2.45) is 5.92 Å². The van der Waals surface area contributed by atoms with Crippen LogP contribution in [0.1, 0.15) is 59.0 Å². The van der Waals surface area contributed by atoms with Gasteiger partial charge in [-0.1, -0.05) is 54.5 Å². The molecule has 1 fully saturated rings. The van der Waals surface area contributed by atoms with E-state index in [1.54, 1.807) is 0 Å². The van der Waals surface area contributed by atoms with Crippen molar-refractivity contribution in [3.05, 3.63) is 70.7 Å². The highest BCUT2D eigenvalue weighted by atomic mass is 32.1. The molecule has 0 saturated heterocycles. The van der Waals surface area contributed by atoms with E-state index >= 15 is 0 Å². The van der Waals surface area contributed by atoms with Crippen molar-refractivity contribution in [1.82, 2.24) is 10.3 Å². The monoisotopic (exact) mass is 462 g/mol. The van der Waals surface area contributed by atoms with E-state index in [1.165, 1.54) is 23.1 Å². The molecule has 2 heterocycles. The summed E-state index contributed by atoms with van der Waals surface area (Å²) in [4.78, 5) is 28.7. The summed E-state index contributed by atoms with van der Waals surface area (Å²) in [6.07, 6.45) is 8.09. The molecule has 2 aromatic carbocycles. The summed E-state index contributed by atoms with van der Waals surface area (Å²) in [7, 11) is 0. The Kier molecular flexibility index (Phi) is 6.39. The third-order valence-corrected chi connectivity index (χ3v) is 7.25. The first-order valence-corrected chi connectivity index (χ1v) is 12.3. The highest BCUT2D eigenvalue weighted by molar-refractivity contribution is 7.15. The summed E-state index contributed by atoms with van der Waals surface area (Å²) < 4.78 is 12.1. The molecule has 0 unspecified atom stereocenters. The molecule has 7 heteroatoms. The zero-order valence-corrected chi connectivity index (χ0v) is 19.1. The van der Waals surface area contributed by atoms with E-state index in [-0.39, 0.29) is 24.0 Å². The number of carbonyl (C=O) groups excluding carboxylic acids is 2. The highest BCUT2D eigenvalue weighted by Gasteiger charge is 2.27. The van der Waals surface area contributed by atoms with Gasteiger partial charge in [0.2, 0.25) is 0 Å². The molecule has 1 aromatic heterocycles. The molecule has 170 valence electrons. The fourth-order valence-corrected chi connectivity index (χ4v) is 5.27. The minimum Gasteiger partial charge on any atom is -0.485 e. The van der Waals surface area contributed by atoms with Crippen LogP contribution in [0, 0.1) is 5.92 Å². The van der Waals surface area contributed by atoms with Gasteiger partial charge in [0, 0.05) is 12.0 Å². The Balaban J connectivity index is 1.22. The molecule has 0 bridgehead atoms. The fourth-order valence-electron chi connectivity index (χ4n) is 4.58. The number of hydrogen-bond acceptors (Lipinski definition) is 6. The number of aldehydes is 1. The first kappa shape index (κ1) is 21.6. The summed E-state index contributed by atoms with van der Waals surface area (Å²) in [6.45, 7) is 0. The first-order valence-electron chi connectivity index (χ1n) is 11.4. The Labute approximate surface area is 197 Å².